The van der Waals surface area contributed by atoms with Crippen molar-refractivity contribution in [2.75, 3.05) is 6.61 Å². The molecule has 0 aliphatic carbocycles. The first-order chi connectivity index (χ1) is 6.63. The summed E-state index contributed by atoms with van der Waals surface area (Å²) in [4.78, 5) is 0. The zero-order valence-electron chi connectivity index (χ0n) is 7.70. The van der Waals surface area contributed by atoms with Gasteiger partial charge in [-0.05, 0) is 25.1 Å². The van der Waals surface area contributed by atoms with Gasteiger partial charge in [0, 0.05) is 0 Å². The summed E-state index contributed by atoms with van der Waals surface area (Å²) >= 11 is 5.83. The molecule has 1 aromatic rings. The second kappa shape index (κ2) is 4.85. The highest BCUT2D eigenvalue weighted by atomic mass is 35.5. The van der Waals surface area contributed by atoms with Crippen LogP contribution in [0.1, 0.15) is 12.5 Å². The number of nitriles is 1. The Labute approximate surface area is 87.5 Å². The van der Waals surface area contributed by atoms with Crippen LogP contribution in [0, 0.1) is 11.3 Å². The van der Waals surface area contributed by atoms with E-state index in [1.807, 2.05) is 6.07 Å². The van der Waals surface area contributed by atoms with Gasteiger partial charge in [0.05, 0.1) is 22.8 Å². The quantitative estimate of drug-likeness (QED) is 0.832. The smallest absolute Gasteiger partial charge is 0.138 e. The van der Waals surface area contributed by atoms with E-state index in [-0.39, 0.29) is 6.61 Å². The maximum Gasteiger partial charge on any atom is 0.138 e. The standard InChI is InChI=1S/C10H10ClNO2/c1-7(13)6-14-10-3-2-8(5-12)4-9(10)11/h2-4,7,13H,6H2,1H3. The Bertz CT molecular complexity index is 358. The Hall–Kier alpha value is -1.24. The van der Waals surface area contributed by atoms with Gasteiger partial charge in [0.1, 0.15) is 12.4 Å². The van der Waals surface area contributed by atoms with Crippen LogP contribution in [0.4, 0.5) is 0 Å². The third kappa shape index (κ3) is 2.91. The van der Waals surface area contributed by atoms with Crippen LogP contribution in [0.3, 0.4) is 0 Å². The molecule has 0 radical (unpaired) electrons. The van der Waals surface area contributed by atoms with E-state index in [9.17, 15) is 0 Å². The maximum atomic E-state index is 8.98. The second-order valence-corrected chi connectivity index (χ2v) is 3.32. The molecule has 14 heavy (non-hydrogen) atoms. The molecular formula is C10H10ClNO2. The van der Waals surface area contributed by atoms with Crippen LogP contribution >= 0.6 is 11.6 Å². The van der Waals surface area contributed by atoms with Crippen LogP contribution in [0.2, 0.25) is 5.02 Å². The lowest BCUT2D eigenvalue weighted by molar-refractivity contribution is 0.123. The van der Waals surface area contributed by atoms with E-state index in [0.29, 0.717) is 16.3 Å². The highest BCUT2D eigenvalue weighted by Gasteiger charge is 2.04. The number of benzene rings is 1. The summed E-state index contributed by atoms with van der Waals surface area (Å²) in [7, 11) is 0. The molecule has 1 atom stereocenters. The summed E-state index contributed by atoms with van der Waals surface area (Å²) in [5.74, 6) is 0.478. The Kier molecular flexibility index (Phi) is 3.75. The van der Waals surface area contributed by atoms with E-state index >= 15 is 0 Å². The van der Waals surface area contributed by atoms with E-state index in [1.165, 1.54) is 6.07 Å². The minimum absolute atomic E-state index is 0.186. The largest absolute Gasteiger partial charge is 0.489 e. The predicted octanol–water partition coefficient (Wildman–Crippen LogP) is 1.97. The normalized spacial score (nSPS) is 11.9. The summed E-state index contributed by atoms with van der Waals surface area (Å²) < 4.78 is 5.21. The van der Waals surface area contributed by atoms with Gasteiger partial charge < -0.3 is 9.84 Å². The highest BCUT2D eigenvalue weighted by molar-refractivity contribution is 6.32. The van der Waals surface area contributed by atoms with Gasteiger partial charge in [-0.15, -0.1) is 0 Å². The number of aliphatic hydroxyl groups excluding tert-OH is 1. The van der Waals surface area contributed by atoms with Crippen molar-refractivity contribution in [3.05, 3.63) is 28.8 Å². The lowest BCUT2D eigenvalue weighted by Crippen LogP contribution is -2.12. The van der Waals surface area contributed by atoms with Crippen LogP contribution in [0.15, 0.2) is 18.2 Å². The van der Waals surface area contributed by atoms with Gasteiger partial charge in [-0.3, -0.25) is 0 Å². The second-order valence-electron chi connectivity index (χ2n) is 2.92. The van der Waals surface area contributed by atoms with Crippen LogP contribution < -0.4 is 4.74 Å². The number of nitrogens with zero attached hydrogens (tertiary/aromatic N) is 1. The predicted molar refractivity (Wildman–Crippen MR) is 53.3 cm³/mol. The highest BCUT2D eigenvalue weighted by Crippen LogP contribution is 2.25. The monoisotopic (exact) mass is 211 g/mol. The Morgan fingerprint density at radius 3 is 2.86 bits per heavy atom. The minimum Gasteiger partial charge on any atom is -0.489 e. The molecule has 0 saturated carbocycles. The molecule has 0 amide bonds. The van der Waals surface area contributed by atoms with E-state index in [4.69, 9.17) is 26.7 Å². The molecular weight excluding hydrogens is 202 g/mol. The van der Waals surface area contributed by atoms with Gasteiger partial charge in [-0.25, -0.2) is 0 Å². The summed E-state index contributed by atoms with van der Waals surface area (Å²) in [5.41, 5.74) is 0.486. The fourth-order valence-corrected chi connectivity index (χ4v) is 1.13. The molecule has 4 heteroatoms. The van der Waals surface area contributed by atoms with Crippen molar-refractivity contribution in [3.8, 4) is 11.8 Å². The summed E-state index contributed by atoms with van der Waals surface area (Å²) in [6.45, 7) is 1.81. The summed E-state index contributed by atoms with van der Waals surface area (Å²) in [6.07, 6.45) is -0.540. The molecule has 74 valence electrons. The summed E-state index contributed by atoms with van der Waals surface area (Å²) in [6, 6.07) is 6.73. The van der Waals surface area contributed by atoms with Crippen molar-refractivity contribution in [3.63, 3.8) is 0 Å². The molecule has 0 aliphatic heterocycles. The zero-order chi connectivity index (χ0) is 10.6. The SMILES string of the molecule is CC(O)COc1ccc(C#N)cc1Cl. The molecule has 0 heterocycles. The van der Waals surface area contributed by atoms with Gasteiger partial charge >= 0.3 is 0 Å². The van der Waals surface area contributed by atoms with Gasteiger partial charge in [-0.2, -0.15) is 5.26 Å². The average Bonchev–Trinajstić information content (AvgIpc) is 2.15. The van der Waals surface area contributed by atoms with Crippen LogP contribution in [-0.4, -0.2) is 17.8 Å². The number of aliphatic hydroxyl groups is 1. The van der Waals surface area contributed by atoms with Gasteiger partial charge in [0.2, 0.25) is 0 Å². The molecule has 1 unspecified atom stereocenters. The number of rotatable bonds is 3. The van der Waals surface area contributed by atoms with Crippen molar-refractivity contribution in [2.24, 2.45) is 0 Å². The van der Waals surface area contributed by atoms with Crippen LogP contribution in [-0.2, 0) is 0 Å². The Balaban J connectivity index is 2.75. The molecule has 0 spiro atoms. The lowest BCUT2D eigenvalue weighted by atomic mass is 10.2. The van der Waals surface area contributed by atoms with Crippen LogP contribution in [0.5, 0.6) is 5.75 Å². The molecule has 1 rings (SSSR count). The zero-order valence-corrected chi connectivity index (χ0v) is 8.45. The third-order valence-corrected chi connectivity index (χ3v) is 1.84. The Morgan fingerprint density at radius 1 is 1.64 bits per heavy atom. The van der Waals surface area contributed by atoms with Crippen molar-refractivity contribution >= 4 is 11.6 Å². The molecule has 3 nitrogen and oxygen atoms in total. The number of ether oxygens (including phenoxy) is 1. The molecule has 0 saturated heterocycles. The molecule has 0 aliphatic rings. The third-order valence-electron chi connectivity index (χ3n) is 1.54. The molecule has 0 aromatic heterocycles. The van der Waals surface area contributed by atoms with E-state index < -0.39 is 6.10 Å². The molecule has 0 fully saturated rings. The summed E-state index contributed by atoms with van der Waals surface area (Å²) in [5, 5.41) is 17.9. The van der Waals surface area contributed by atoms with Gasteiger partial charge in [0.15, 0.2) is 0 Å². The number of hydrogen-bond acceptors (Lipinski definition) is 3. The van der Waals surface area contributed by atoms with Crippen molar-refractivity contribution in [1.29, 1.82) is 5.26 Å². The van der Waals surface area contributed by atoms with Gasteiger partial charge in [0.25, 0.3) is 0 Å². The lowest BCUT2D eigenvalue weighted by Gasteiger charge is -2.09. The first kappa shape index (κ1) is 10.8. The maximum absolute atomic E-state index is 8.98. The van der Waals surface area contributed by atoms with E-state index in [2.05, 4.69) is 0 Å². The molecule has 1 aromatic carbocycles. The first-order valence-electron chi connectivity index (χ1n) is 4.14. The molecule has 1 N–H and O–H groups in total. The van der Waals surface area contributed by atoms with Gasteiger partial charge in [-0.1, -0.05) is 11.6 Å². The minimum atomic E-state index is -0.540. The van der Waals surface area contributed by atoms with Crippen LogP contribution in [0.25, 0.3) is 0 Å². The fraction of sp³-hybridized carbons (Fsp3) is 0.300. The molecule has 0 bridgehead atoms. The first-order valence-corrected chi connectivity index (χ1v) is 4.52. The van der Waals surface area contributed by atoms with Crippen molar-refractivity contribution < 1.29 is 9.84 Å². The number of halogens is 1. The topological polar surface area (TPSA) is 53.2 Å². The Morgan fingerprint density at radius 2 is 2.36 bits per heavy atom. The van der Waals surface area contributed by atoms with Crippen molar-refractivity contribution in [2.45, 2.75) is 13.0 Å². The van der Waals surface area contributed by atoms with Crippen molar-refractivity contribution in [1.82, 2.24) is 0 Å². The van der Waals surface area contributed by atoms with E-state index in [1.54, 1.807) is 19.1 Å². The van der Waals surface area contributed by atoms with E-state index in [0.717, 1.165) is 0 Å². The fourth-order valence-electron chi connectivity index (χ4n) is 0.898. The number of hydrogen-bond donors (Lipinski definition) is 1. The average molecular weight is 212 g/mol.